The minimum atomic E-state index is -0.471. The minimum Gasteiger partial charge on any atom is -0.484 e. The molecule has 0 unspecified atom stereocenters. The molecule has 0 atom stereocenters. The zero-order chi connectivity index (χ0) is 16.8. The molecule has 0 spiro atoms. The maximum Gasteiger partial charge on any atom is 0.255 e. The number of primary amides is 1. The van der Waals surface area contributed by atoms with Crippen molar-refractivity contribution in [2.45, 2.75) is 19.3 Å². The molecule has 2 aromatic carbocycles. The molecule has 1 aliphatic rings. The van der Waals surface area contributed by atoms with Gasteiger partial charge in [0.25, 0.3) is 5.91 Å². The Morgan fingerprint density at radius 2 is 1.83 bits per heavy atom. The molecule has 1 fully saturated rings. The molecule has 1 heterocycles. The Labute approximate surface area is 142 Å². The summed E-state index contributed by atoms with van der Waals surface area (Å²) in [5.41, 5.74) is 7.44. The van der Waals surface area contributed by atoms with Gasteiger partial charge < -0.3 is 15.2 Å². The molecule has 2 aromatic rings. The van der Waals surface area contributed by atoms with E-state index in [0.29, 0.717) is 18.5 Å². The number of benzene rings is 2. The average Bonchev–Trinajstić information content (AvgIpc) is 2.56. The normalized spacial score (nSPS) is 15.0. The Kier molecular flexibility index (Phi) is 5.46. The predicted octanol–water partition coefficient (Wildman–Crippen LogP) is 1.95. The summed E-state index contributed by atoms with van der Waals surface area (Å²) < 4.78 is 11.2. The van der Waals surface area contributed by atoms with E-state index in [1.54, 1.807) is 0 Å². The SMILES string of the molecule is NC(=O)COc1cccc(CN2CC(OCc3ccccc3)C2)c1. The molecule has 5 heteroatoms. The molecular formula is C19H22N2O3. The van der Waals surface area contributed by atoms with Crippen LogP contribution in [0.4, 0.5) is 0 Å². The topological polar surface area (TPSA) is 64.8 Å². The van der Waals surface area contributed by atoms with Gasteiger partial charge in [0.2, 0.25) is 0 Å². The van der Waals surface area contributed by atoms with Crippen LogP contribution in [0.3, 0.4) is 0 Å². The van der Waals surface area contributed by atoms with Gasteiger partial charge in [0, 0.05) is 19.6 Å². The van der Waals surface area contributed by atoms with Crippen LogP contribution in [0.5, 0.6) is 5.75 Å². The van der Waals surface area contributed by atoms with E-state index < -0.39 is 5.91 Å². The number of amides is 1. The van der Waals surface area contributed by atoms with Gasteiger partial charge in [-0.05, 0) is 23.3 Å². The minimum absolute atomic E-state index is 0.0947. The highest BCUT2D eigenvalue weighted by Gasteiger charge is 2.27. The second-order valence-corrected chi connectivity index (χ2v) is 6.02. The first-order valence-corrected chi connectivity index (χ1v) is 8.07. The van der Waals surface area contributed by atoms with E-state index in [1.807, 2.05) is 36.4 Å². The second-order valence-electron chi connectivity index (χ2n) is 6.02. The highest BCUT2D eigenvalue weighted by atomic mass is 16.5. The fourth-order valence-corrected chi connectivity index (χ4v) is 2.69. The molecule has 126 valence electrons. The molecule has 1 aliphatic heterocycles. The van der Waals surface area contributed by atoms with Crippen molar-refractivity contribution in [3.05, 3.63) is 65.7 Å². The molecule has 1 saturated heterocycles. The highest BCUT2D eigenvalue weighted by Crippen LogP contribution is 2.20. The quantitative estimate of drug-likeness (QED) is 0.805. The largest absolute Gasteiger partial charge is 0.484 e. The zero-order valence-corrected chi connectivity index (χ0v) is 13.6. The fraction of sp³-hybridized carbons (Fsp3) is 0.316. The summed E-state index contributed by atoms with van der Waals surface area (Å²) in [6.45, 7) is 3.27. The molecular weight excluding hydrogens is 304 g/mol. The van der Waals surface area contributed by atoms with Gasteiger partial charge in [0.05, 0.1) is 12.7 Å². The third-order valence-corrected chi connectivity index (χ3v) is 3.94. The van der Waals surface area contributed by atoms with E-state index in [4.69, 9.17) is 15.2 Å². The maximum absolute atomic E-state index is 10.8. The monoisotopic (exact) mass is 326 g/mol. The van der Waals surface area contributed by atoms with Crippen LogP contribution in [0.25, 0.3) is 0 Å². The number of hydrogen-bond donors (Lipinski definition) is 1. The standard InChI is InChI=1S/C19H22N2O3/c20-19(22)14-24-17-8-4-7-16(9-17)10-21-11-18(12-21)23-13-15-5-2-1-3-6-15/h1-9,18H,10-14H2,(H2,20,22). The number of nitrogens with zero attached hydrogens (tertiary/aromatic N) is 1. The molecule has 0 bridgehead atoms. The number of nitrogens with two attached hydrogens (primary N) is 1. The molecule has 3 rings (SSSR count). The fourth-order valence-electron chi connectivity index (χ4n) is 2.69. The van der Waals surface area contributed by atoms with Gasteiger partial charge in [0.15, 0.2) is 6.61 Å². The van der Waals surface area contributed by atoms with Crippen molar-refractivity contribution < 1.29 is 14.3 Å². The van der Waals surface area contributed by atoms with E-state index in [-0.39, 0.29) is 6.61 Å². The molecule has 1 amide bonds. The number of rotatable bonds is 8. The summed E-state index contributed by atoms with van der Waals surface area (Å²) in [5, 5.41) is 0. The van der Waals surface area contributed by atoms with Crippen molar-refractivity contribution in [2.24, 2.45) is 5.73 Å². The van der Waals surface area contributed by atoms with Gasteiger partial charge in [-0.1, -0.05) is 42.5 Å². The van der Waals surface area contributed by atoms with Crippen LogP contribution in [0.1, 0.15) is 11.1 Å². The van der Waals surface area contributed by atoms with Crippen molar-refractivity contribution >= 4 is 5.91 Å². The van der Waals surface area contributed by atoms with Crippen molar-refractivity contribution in [2.75, 3.05) is 19.7 Å². The van der Waals surface area contributed by atoms with Gasteiger partial charge in [-0.15, -0.1) is 0 Å². The molecule has 0 saturated carbocycles. The number of carbonyl (C=O) groups is 1. The van der Waals surface area contributed by atoms with E-state index in [1.165, 1.54) is 5.56 Å². The third kappa shape index (κ3) is 4.81. The first-order chi connectivity index (χ1) is 11.7. The highest BCUT2D eigenvalue weighted by molar-refractivity contribution is 5.75. The summed E-state index contributed by atoms with van der Waals surface area (Å²) in [4.78, 5) is 13.1. The predicted molar refractivity (Wildman–Crippen MR) is 91.4 cm³/mol. The van der Waals surface area contributed by atoms with Gasteiger partial charge in [-0.25, -0.2) is 0 Å². The Morgan fingerprint density at radius 3 is 2.58 bits per heavy atom. The van der Waals surface area contributed by atoms with Crippen LogP contribution in [-0.2, 0) is 22.7 Å². The number of ether oxygens (including phenoxy) is 2. The Balaban J connectivity index is 1.40. The Morgan fingerprint density at radius 1 is 1.08 bits per heavy atom. The van der Waals surface area contributed by atoms with Crippen LogP contribution < -0.4 is 10.5 Å². The lowest BCUT2D eigenvalue weighted by Gasteiger charge is -2.39. The third-order valence-electron chi connectivity index (χ3n) is 3.94. The average molecular weight is 326 g/mol. The van der Waals surface area contributed by atoms with Crippen LogP contribution in [0.15, 0.2) is 54.6 Å². The molecule has 0 aromatic heterocycles. The van der Waals surface area contributed by atoms with Crippen molar-refractivity contribution in [3.8, 4) is 5.75 Å². The van der Waals surface area contributed by atoms with Crippen LogP contribution >= 0.6 is 0 Å². The molecule has 0 aliphatic carbocycles. The lowest BCUT2D eigenvalue weighted by molar-refractivity contribution is -0.119. The molecule has 24 heavy (non-hydrogen) atoms. The lowest BCUT2D eigenvalue weighted by atomic mass is 10.1. The molecule has 5 nitrogen and oxygen atoms in total. The number of carbonyl (C=O) groups excluding carboxylic acids is 1. The van der Waals surface area contributed by atoms with Crippen molar-refractivity contribution in [1.82, 2.24) is 4.90 Å². The van der Waals surface area contributed by atoms with E-state index in [9.17, 15) is 4.79 Å². The number of likely N-dealkylation sites (tertiary alicyclic amines) is 1. The van der Waals surface area contributed by atoms with Gasteiger partial charge in [-0.3, -0.25) is 9.69 Å². The Hall–Kier alpha value is -2.37. The van der Waals surface area contributed by atoms with Gasteiger partial charge in [0.1, 0.15) is 5.75 Å². The first-order valence-electron chi connectivity index (χ1n) is 8.07. The lowest BCUT2D eigenvalue weighted by Crippen LogP contribution is -2.51. The van der Waals surface area contributed by atoms with Gasteiger partial charge >= 0.3 is 0 Å². The van der Waals surface area contributed by atoms with Gasteiger partial charge in [-0.2, -0.15) is 0 Å². The van der Waals surface area contributed by atoms with Crippen molar-refractivity contribution in [3.63, 3.8) is 0 Å². The summed E-state index contributed by atoms with van der Waals surface area (Å²) in [7, 11) is 0. The number of hydrogen-bond acceptors (Lipinski definition) is 4. The van der Waals surface area contributed by atoms with E-state index in [0.717, 1.165) is 25.2 Å². The van der Waals surface area contributed by atoms with Crippen LogP contribution in [-0.4, -0.2) is 36.6 Å². The van der Waals surface area contributed by atoms with Crippen LogP contribution in [0.2, 0.25) is 0 Å². The van der Waals surface area contributed by atoms with E-state index in [2.05, 4.69) is 23.1 Å². The maximum atomic E-state index is 10.8. The summed E-state index contributed by atoms with van der Waals surface area (Å²) in [6.07, 6.45) is 0.291. The smallest absolute Gasteiger partial charge is 0.255 e. The first kappa shape index (κ1) is 16.5. The molecule has 2 N–H and O–H groups in total. The summed E-state index contributed by atoms with van der Waals surface area (Å²) in [5.74, 6) is 0.199. The zero-order valence-electron chi connectivity index (χ0n) is 13.6. The van der Waals surface area contributed by atoms with E-state index >= 15 is 0 Å². The van der Waals surface area contributed by atoms with Crippen LogP contribution in [0, 0.1) is 0 Å². The van der Waals surface area contributed by atoms with Crippen molar-refractivity contribution in [1.29, 1.82) is 0 Å². The second kappa shape index (κ2) is 7.95. The summed E-state index contributed by atoms with van der Waals surface area (Å²) >= 11 is 0. The molecule has 0 radical (unpaired) electrons. The summed E-state index contributed by atoms with van der Waals surface area (Å²) in [6, 6.07) is 18.0. The Bertz CT molecular complexity index is 669.